The van der Waals surface area contributed by atoms with Crippen molar-refractivity contribution in [1.29, 1.82) is 0 Å². The third-order valence-electron chi connectivity index (χ3n) is 1.88. The third-order valence-corrected chi connectivity index (χ3v) is 2.30. The first-order chi connectivity index (χ1) is 7.70. The van der Waals surface area contributed by atoms with Crippen LogP contribution in [0.5, 0.6) is 5.75 Å². The predicted molar refractivity (Wildman–Crippen MR) is 60.3 cm³/mol. The van der Waals surface area contributed by atoms with Gasteiger partial charge < -0.3 is 10.5 Å². The number of alkyl halides is 4. The molecule has 0 saturated heterocycles. The van der Waals surface area contributed by atoms with Crippen molar-refractivity contribution in [2.24, 2.45) is 0 Å². The Kier molecular flexibility index (Phi) is 4.03. The van der Waals surface area contributed by atoms with Crippen molar-refractivity contribution in [2.45, 2.75) is 18.1 Å². The Hall–Kier alpha value is -1.24. The topological polar surface area (TPSA) is 52.3 Å². The summed E-state index contributed by atoms with van der Waals surface area (Å²) in [6, 6.07) is 3.41. The first-order valence-corrected chi connectivity index (χ1v) is 5.46. The Morgan fingerprint density at radius 3 is 2.47 bits per heavy atom. The molecule has 7 heteroatoms. The quantitative estimate of drug-likeness (QED) is 0.530. The van der Waals surface area contributed by atoms with Crippen molar-refractivity contribution in [3.63, 3.8) is 0 Å². The molecule has 3 nitrogen and oxygen atoms in total. The zero-order valence-corrected chi connectivity index (χ0v) is 10.3. The Labute approximate surface area is 104 Å². The molecule has 0 aliphatic rings. The number of rotatable bonds is 3. The van der Waals surface area contributed by atoms with Gasteiger partial charge in [0.2, 0.25) is 0 Å². The number of hydrogen-bond donors (Lipinski definition) is 1. The minimum Gasteiger partial charge on any atom is -0.404 e. The summed E-state index contributed by atoms with van der Waals surface area (Å²) in [6.07, 6.45) is -4.80. The van der Waals surface area contributed by atoms with Gasteiger partial charge in [-0.2, -0.15) is 0 Å². The molecular formula is C10H9BrF3NO2. The molecule has 17 heavy (non-hydrogen) atoms. The number of ketones is 1. The van der Waals surface area contributed by atoms with Crippen LogP contribution in [-0.4, -0.2) is 17.0 Å². The Bertz CT molecular complexity index is 432. The van der Waals surface area contributed by atoms with E-state index in [-0.39, 0.29) is 17.0 Å². The van der Waals surface area contributed by atoms with E-state index in [4.69, 9.17) is 5.73 Å². The van der Waals surface area contributed by atoms with Crippen molar-refractivity contribution < 1.29 is 22.7 Å². The fourth-order valence-electron chi connectivity index (χ4n) is 1.15. The molecule has 0 aliphatic carbocycles. The Balaban J connectivity index is 2.98. The lowest BCUT2D eigenvalue weighted by Crippen LogP contribution is -2.18. The molecule has 94 valence electrons. The van der Waals surface area contributed by atoms with E-state index in [9.17, 15) is 18.0 Å². The zero-order valence-electron chi connectivity index (χ0n) is 8.72. The van der Waals surface area contributed by atoms with Gasteiger partial charge in [-0.15, -0.1) is 13.2 Å². The molecule has 0 spiro atoms. The normalized spacial score (nSPS) is 13.2. The van der Waals surface area contributed by atoms with E-state index in [1.165, 1.54) is 6.07 Å². The summed E-state index contributed by atoms with van der Waals surface area (Å²) in [7, 11) is 0. The number of anilines is 1. The molecule has 0 saturated carbocycles. The number of Topliss-reactive ketones (excluding diaryl/α,β-unsaturated/α-hetero) is 1. The van der Waals surface area contributed by atoms with E-state index >= 15 is 0 Å². The molecule has 1 aromatic rings. The highest BCUT2D eigenvalue weighted by Gasteiger charge is 2.32. The smallest absolute Gasteiger partial charge is 0.404 e. The molecule has 1 unspecified atom stereocenters. The number of benzene rings is 1. The van der Waals surface area contributed by atoms with Gasteiger partial charge in [0.15, 0.2) is 11.5 Å². The van der Waals surface area contributed by atoms with Gasteiger partial charge >= 0.3 is 6.36 Å². The minimum atomic E-state index is -4.80. The van der Waals surface area contributed by atoms with Crippen LogP contribution in [0.2, 0.25) is 0 Å². The molecule has 0 radical (unpaired) electrons. The molecule has 0 bridgehead atoms. The molecule has 0 aliphatic heterocycles. The maximum atomic E-state index is 12.0. The van der Waals surface area contributed by atoms with Crippen LogP contribution in [0.4, 0.5) is 18.9 Å². The van der Waals surface area contributed by atoms with E-state index < -0.39 is 16.9 Å². The number of halogens is 4. The summed E-state index contributed by atoms with van der Waals surface area (Å²) in [5.41, 5.74) is 5.36. The lowest BCUT2D eigenvalue weighted by atomic mass is 10.1. The first kappa shape index (κ1) is 13.8. The SMILES string of the molecule is CC(Br)C(=O)c1ccc(OC(F)(F)F)c(N)c1. The van der Waals surface area contributed by atoms with Crippen LogP contribution in [0.1, 0.15) is 17.3 Å². The van der Waals surface area contributed by atoms with Crippen LogP contribution in [0, 0.1) is 0 Å². The van der Waals surface area contributed by atoms with Gasteiger partial charge in [-0.3, -0.25) is 4.79 Å². The van der Waals surface area contributed by atoms with Crippen molar-refractivity contribution in [3.05, 3.63) is 23.8 Å². The highest BCUT2D eigenvalue weighted by atomic mass is 79.9. The average molecular weight is 312 g/mol. The van der Waals surface area contributed by atoms with Gasteiger partial charge in [-0.05, 0) is 25.1 Å². The van der Waals surface area contributed by atoms with Crippen LogP contribution in [-0.2, 0) is 0 Å². The van der Waals surface area contributed by atoms with Crippen molar-refractivity contribution in [1.82, 2.24) is 0 Å². The maximum absolute atomic E-state index is 12.0. The monoisotopic (exact) mass is 311 g/mol. The lowest BCUT2D eigenvalue weighted by molar-refractivity contribution is -0.274. The fourth-order valence-corrected chi connectivity index (χ4v) is 1.41. The molecule has 0 fully saturated rings. The van der Waals surface area contributed by atoms with Gasteiger partial charge in [0, 0.05) is 5.56 Å². The summed E-state index contributed by atoms with van der Waals surface area (Å²) < 4.78 is 39.5. The maximum Gasteiger partial charge on any atom is 0.573 e. The van der Waals surface area contributed by atoms with Crippen LogP contribution >= 0.6 is 15.9 Å². The van der Waals surface area contributed by atoms with Gasteiger partial charge in [-0.1, -0.05) is 15.9 Å². The fraction of sp³-hybridized carbons (Fsp3) is 0.300. The lowest BCUT2D eigenvalue weighted by Gasteiger charge is -2.12. The molecule has 2 N–H and O–H groups in total. The van der Waals surface area contributed by atoms with Crippen molar-refractivity contribution in [3.8, 4) is 5.75 Å². The standard InChI is InChI=1S/C10H9BrF3NO2/c1-5(11)9(16)6-2-3-8(7(15)4-6)17-10(12,13)14/h2-5H,15H2,1H3. The minimum absolute atomic E-state index is 0.224. The summed E-state index contributed by atoms with van der Waals surface area (Å²) in [5, 5.41) is 0. The van der Waals surface area contributed by atoms with E-state index in [1.54, 1.807) is 6.92 Å². The Morgan fingerprint density at radius 1 is 1.47 bits per heavy atom. The molecule has 1 atom stereocenters. The molecular weight excluding hydrogens is 303 g/mol. The highest BCUT2D eigenvalue weighted by Crippen LogP contribution is 2.29. The molecule has 1 aromatic carbocycles. The Morgan fingerprint density at radius 2 is 2.06 bits per heavy atom. The molecule has 0 aromatic heterocycles. The van der Waals surface area contributed by atoms with Gasteiger partial charge in [0.05, 0.1) is 10.5 Å². The largest absolute Gasteiger partial charge is 0.573 e. The molecule has 1 rings (SSSR count). The average Bonchev–Trinajstić information content (AvgIpc) is 2.18. The summed E-state index contributed by atoms with van der Waals surface area (Å²) in [6.45, 7) is 1.61. The van der Waals surface area contributed by atoms with Crippen LogP contribution in [0.25, 0.3) is 0 Å². The summed E-state index contributed by atoms with van der Waals surface area (Å²) >= 11 is 3.07. The molecule has 0 heterocycles. The van der Waals surface area contributed by atoms with Crippen molar-refractivity contribution >= 4 is 27.4 Å². The number of carbonyl (C=O) groups excluding carboxylic acids is 1. The molecule has 0 amide bonds. The van der Waals surface area contributed by atoms with E-state index in [1.807, 2.05) is 0 Å². The zero-order chi connectivity index (χ0) is 13.2. The number of ether oxygens (including phenoxy) is 1. The first-order valence-electron chi connectivity index (χ1n) is 4.54. The summed E-state index contributed by atoms with van der Waals surface area (Å²) in [5.74, 6) is -0.786. The second kappa shape index (κ2) is 4.95. The number of nitrogen functional groups attached to an aromatic ring is 1. The highest BCUT2D eigenvalue weighted by molar-refractivity contribution is 9.10. The van der Waals surface area contributed by atoms with E-state index in [0.29, 0.717) is 0 Å². The second-order valence-corrected chi connectivity index (χ2v) is 4.65. The summed E-state index contributed by atoms with van der Waals surface area (Å²) in [4.78, 5) is 11.1. The van der Waals surface area contributed by atoms with Crippen LogP contribution < -0.4 is 10.5 Å². The van der Waals surface area contributed by atoms with Gasteiger partial charge in [0.25, 0.3) is 0 Å². The van der Waals surface area contributed by atoms with Gasteiger partial charge in [-0.25, -0.2) is 0 Å². The van der Waals surface area contributed by atoms with E-state index in [0.717, 1.165) is 12.1 Å². The number of carbonyl (C=O) groups is 1. The van der Waals surface area contributed by atoms with E-state index in [2.05, 4.69) is 20.7 Å². The van der Waals surface area contributed by atoms with Crippen LogP contribution in [0.3, 0.4) is 0 Å². The number of nitrogens with two attached hydrogens (primary N) is 1. The van der Waals surface area contributed by atoms with Gasteiger partial charge in [0.1, 0.15) is 0 Å². The number of hydrogen-bond acceptors (Lipinski definition) is 3. The predicted octanol–water partition coefficient (Wildman–Crippen LogP) is 3.13. The second-order valence-electron chi connectivity index (χ2n) is 3.28. The van der Waals surface area contributed by atoms with Crippen LogP contribution in [0.15, 0.2) is 18.2 Å². The van der Waals surface area contributed by atoms with Crippen molar-refractivity contribution in [2.75, 3.05) is 5.73 Å². The third kappa shape index (κ3) is 3.92.